The van der Waals surface area contributed by atoms with Crippen LogP contribution in [0.5, 0.6) is 11.5 Å². The predicted molar refractivity (Wildman–Crippen MR) is 131 cm³/mol. The van der Waals surface area contributed by atoms with Crippen molar-refractivity contribution in [3.8, 4) is 11.5 Å². The van der Waals surface area contributed by atoms with Crippen molar-refractivity contribution in [2.45, 2.75) is 34.6 Å². The molecule has 0 aliphatic carbocycles. The van der Waals surface area contributed by atoms with Crippen molar-refractivity contribution in [1.82, 2.24) is 10.7 Å². The van der Waals surface area contributed by atoms with Gasteiger partial charge < -0.3 is 20.1 Å². The van der Waals surface area contributed by atoms with E-state index in [0.29, 0.717) is 35.9 Å². The number of rotatable bonds is 10. The van der Waals surface area contributed by atoms with Crippen molar-refractivity contribution in [2.24, 2.45) is 11.0 Å². The zero-order valence-corrected chi connectivity index (χ0v) is 20.2. The Balaban J connectivity index is 1.95. The van der Waals surface area contributed by atoms with Gasteiger partial charge in [0.05, 0.1) is 12.8 Å². The van der Waals surface area contributed by atoms with E-state index in [1.54, 1.807) is 18.2 Å². The molecule has 9 nitrogen and oxygen atoms in total. The molecule has 3 N–H and O–H groups in total. The van der Waals surface area contributed by atoms with Gasteiger partial charge in [0.15, 0.2) is 18.1 Å². The van der Waals surface area contributed by atoms with E-state index in [9.17, 15) is 14.4 Å². The highest BCUT2D eigenvalue weighted by Gasteiger charge is 2.13. The van der Waals surface area contributed by atoms with Gasteiger partial charge in [-0.05, 0) is 73.7 Å². The summed E-state index contributed by atoms with van der Waals surface area (Å²) >= 11 is 0. The topological polar surface area (TPSA) is 118 Å². The molecule has 0 aliphatic heterocycles. The van der Waals surface area contributed by atoms with Gasteiger partial charge >= 0.3 is 11.8 Å². The van der Waals surface area contributed by atoms with Crippen LogP contribution >= 0.6 is 0 Å². The van der Waals surface area contributed by atoms with Crippen molar-refractivity contribution >= 4 is 29.6 Å². The van der Waals surface area contributed by atoms with E-state index >= 15 is 0 Å². The van der Waals surface area contributed by atoms with Crippen molar-refractivity contribution < 1.29 is 23.9 Å². The second-order valence-electron chi connectivity index (χ2n) is 8.08. The van der Waals surface area contributed by atoms with E-state index in [2.05, 4.69) is 21.2 Å². The lowest BCUT2D eigenvalue weighted by Gasteiger charge is -2.13. The number of aryl methyl sites for hydroxylation is 2. The van der Waals surface area contributed by atoms with Crippen LogP contribution in [-0.2, 0) is 14.4 Å². The smallest absolute Gasteiger partial charge is 0.329 e. The van der Waals surface area contributed by atoms with Gasteiger partial charge in [-0.25, -0.2) is 5.43 Å². The minimum Gasteiger partial charge on any atom is -0.490 e. The number of nitrogens with one attached hydrogen (secondary N) is 3. The fraction of sp³-hybridized carbons (Fsp3) is 0.360. The molecule has 0 bridgehead atoms. The number of hydrazone groups is 1. The summed E-state index contributed by atoms with van der Waals surface area (Å²) < 4.78 is 11.3. The second kappa shape index (κ2) is 13.0. The standard InChI is InChI=1S/C25H32N4O5/c1-6-33-22-12-19(14-27-29-25(32)24(31)26-13-16(2)3)8-10-21(22)34-15-23(30)28-20-9-7-17(4)18(5)11-20/h7-12,14,16H,6,13,15H2,1-5H3,(H,26,31)(H,28,30)(H,29,32)/b27-14-. The monoisotopic (exact) mass is 468 g/mol. The molecule has 0 saturated carbocycles. The predicted octanol–water partition coefficient (Wildman–Crippen LogP) is 2.94. The molecule has 0 atom stereocenters. The van der Waals surface area contributed by atoms with Gasteiger partial charge in [0, 0.05) is 12.2 Å². The van der Waals surface area contributed by atoms with Gasteiger partial charge in [0.2, 0.25) is 0 Å². The van der Waals surface area contributed by atoms with Crippen LogP contribution < -0.4 is 25.5 Å². The lowest BCUT2D eigenvalue weighted by molar-refractivity contribution is -0.139. The van der Waals surface area contributed by atoms with Gasteiger partial charge in [-0.2, -0.15) is 5.10 Å². The second-order valence-corrected chi connectivity index (χ2v) is 8.08. The Morgan fingerprint density at radius 3 is 2.41 bits per heavy atom. The molecule has 2 rings (SSSR count). The van der Waals surface area contributed by atoms with Gasteiger partial charge in [-0.3, -0.25) is 14.4 Å². The van der Waals surface area contributed by atoms with Crippen LogP contribution in [-0.4, -0.2) is 43.7 Å². The summed E-state index contributed by atoms with van der Waals surface area (Å²) in [6.07, 6.45) is 1.38. The van der Waals surface area contributed by atoms with Crippen LogP contribution in [0.1, 0.15) is 37.5 Å². The van der Waals surface area contributed by atoms with E-state index in [1.807, 2.05) is 52.8 Å². The normalized spacial score (nSPS) is 10.8. The highest BCUT2D eigenvalue weighted by molar-refractivity contribution is 6.35. The molecule has 34 heavy (non-hydrogen) atoms. The Morgan fingerprint density at radius 2 is 1.74 bits per heavy atom. The molecule has 0 aliphatic rings. The molecule has 0 saturated heterocycles. The first-order valence-corrected chi connectivity index (χ1v) is 11.1. The number of nitrogens with zero attached hydrogens (tertiary/aromatic N) is 1. The number of carbonyl (C=O) groups excluding carboxylic acids is 3. The van der Waals surface area contributed by atoms with Gasteiger partial charge in [-0.15, -0.1) is 0 Å². The largest absolute Gasteiger partial charge is 0.490 e. The van der Waals surface area contributed by atoms with Crippen LogP contribution in [0.15, 0.2) is 41.5 Å². The van der Waals surface area contributed by atoms with Gasteiger partial charge in [0.25, 0.3) is 5.91 Å². The number of hydrogen-bond acceptors (Lipinski definition) is 6. The van der Waals surface area contributed by atoms with Crippen LogP contribution in [0, 0.1) is 19.8 Å². The number of anilines is 1. The molecule has 0 radical (unpaired) electrons. The van der Waals surface area contributed by atoms with Crippen LogP contribution in [0.25, 0.3) is 0 Å². The minimum absolute atomic E-state index is 0.192. The third kappa shape index (κ3) is 8.57. The molecule has 0 spiro atoms. The zero-order chi connectivity index (χ0) is 25.1. The first-order chi connectivity index (χ1) is 16.2. The molecule has 182 valence electrons. The third-order valence-corrected chi connectivity index (χ3v) is 4.67. The lowest BCUT2D eigenvalue weighted by atomic mass is 10.1. The maximum Gasteiger partial charge on any atom is 0.329 e. The van der Waals surface area contributed by atoms with Crippen LogP contribution in [0.3, 0.4) is 0 Å². The Kier molecular flexibility index (Phi) is 10.1. The summed E-state index contributed by atoms with van der Waals surface area (Å²) in [5, 5.41) is 9.13. The Bertz CT molecular complexity index is 1050. The average molecular weight is 469 g/mol. The van der Waals surface area contributed by atoms with E-state index in [4.69, 9.17) is 9.47 Å². The molecule has 0 aromatic heterocycles. The highest BCUT2D eigenvalue weighted by Crippen LogP contribution is 2.28. The number of amides is 3. The summed E-state index contributed by atoms with van der Waals surface area (Å²) in [7, 11) is 0. The summed E-state index contributed by atoms with van der Waals surface area (Å²) in [6, 6.07) is 10.7. The molecule has 0 fully saturated rings. The number of hydrogen-bond donors (Lipinski definition) is 3. The Labute approximate surface area is 199 Å². The summed E-state index contributed by atoms with van der Waals surface area (Å²) in [5.74, 6) is -0.844. The number of carbonyl (C=O) groups is 3. The first kappa shape index (κ1) is 26.4. The molecule has 0 unspecified atom stereocenters. The van der Waals surface area contributed by atoms with Gasteiger partial charge in [0.1, 0.15) is 0 Å². The lowest BCUT2D eigenvalue weighted by Crippen LogP contribution is -2.39. The summed E-state index contributed by atoms with van der Waals surface area (Å²) in [5.41, 5.74) is 5.73. The summed E-state index contributed by atoms with van der Waals surface area (Å²) in [6.45, 7) is 10.3. The fourth-order valence-corrected chi connectivity index (χ4v) is 2.75. The molecule has 9 heteroatoms. The highest BCUT2D eigenvalue weighted by atomic mass is 16.5. The molecular formula is C25H32N4O5. The average Bonchev–Trinajstić information content (AvgIpc) is 2.79. The summed E-state index contributed by atoms with van der Waals surface area (Å²) in [4.78, 5) is 35.7. The van der Waals surface area contributed by atoms with Crippen molar-refractivity contribution in [1.29, 1.82) is 0 Å². The molecule has 2 aromatic rings. The molecule has 2 aromatic carbocycles. The van der Waals surface area contributed by atoms with E-state index in [1.165, 1.54) is 6.21 Å². The zero-order valence-electron chi connectivity index (χ0n) is 20.2. The van der Waals surface area contributed by atoms with E-state index in [0.717, 1.165) is 11.1 Å². The minimum atomic E-state index is -0.850. The van der Waals surface area contributed by atoms with Crippen molar-refractivity contribution in [2.75, 3.05) is 25.1 Å². The number of ether oxygens (including phenoxy) is 2. The maximum absolute atomic E-state index is 12.3. The van der Waals surface area contributed by atoms with Crippen molar-refractivity contribution in [3.63, 3.8) is 0 Å². The Morgan fingerprint density at radius 1 is 0.971 bits per heavy atom. The maximum atomic E-state index is 12.3. The fourth-order valence-electron chi connectivity index (χ4n) is 2.75. The van der Waals surface area contributed by atoms with E-state index < -0.39 is 11.8 Å². The molecule has 0 heterocycles. The quantitative estimate of drug-likeness (QED) is 0.282. The van der Waals surface area contributed by atoms with Crippen LogP contribution in [0.4, 0.5) is 5.69 Å². The van der Waals surface area contributed by atoms with E-state index in [-0.39, 0.29) is 18.4 Å². The first-order valence-electron chi connectivity index (χ1n) is 11.1. The van der Waals surface area contributed by atoms with Crippen molar-refractivity contribution in [3.05, 3.63) is 53.1 Å². The Hall–Kier alpha value is -3.88. The SMILES string of the molecule is CCOc1cc(/C=N\NC(=O)C(=O)NCC(C)C)ccc1OCC(=O)Nc1ccc(C)c(C)c1. The molecule has 3 amide bonds. The van der Waals surface area contributed by atoms with Crippen LogP contribution in [0.2, 0.25) is 0 Å². The van der Waals surface area contributed by atoms with Gasteiger partial charge in [-0.1, -0.05) is 19.9 Å². The third-order valence-electron chi connectivity index (χ3n) is 4.67. The number of benzene rings is 2. The molecular weight excluding hydrogens is 436 g/mol.